The molecule has 0 radical (unpaired) electrons. The number of aromatic nitrogens is 5. The Morgan fingerprint density at radius 2 is 1.38 bits per heavy atom. The average molecular weight is 658 g/mol. The summed E-state index contributed by atoms with van der Waals surface area (Å²) < 4.78 is 17.2. The van der Waals surface area contributed by atoms with Crippen LogP contribution in [0, 0.1) is 0 Å². The number of nitrogens with zero attached hydrogens (tertiary/aromatic N) is 6. The molecule has 0 N–H and O–H groups in total. The van der Waals surface area contributed by atoms with E-state index < -0.39 is 8.07 Å². The molecule has 1 unspecified atom stereocenters. The van der Waals surface area contributed by atoms with Crippen molar-refractivity contribution in [3.63, 3.8) is 0 Å². The van der Waals surface area contributed by atoms with Gasteiger partial charge in [-0.3, -0.25) is 0 Å². The number of rotatable bonds is 0. The van der Waals surface area contributed by atoms with Crippen molar-refractivity contribution in [1.29, 1.82) is 0 Å². The van der Waals surface area contributed by atoms with E-state index in [2.05, 4.69) is 153 Å². The molecule has 0 saturated carbocycles. The molecule has 2 spiro atoms. The Morgan fingerprint density at radius 1 is 0.660 bits per heavy atom. The molecule has 5 aliphatic heterocycles. The lowest BCUT2D eigenvalue weighted by atomic mass is 10.1. The van der Waals surface area contributed by atoms with Gasteiger partial charge in [0.2, 0.25) is 5.52 Å². The molecule has 1 atom stereocenters. The minimum absolute atomic E-state index is 0.310. The Bertz CT molecular complexity index is 3130. The van der Waals surface area contributed by atoms with Crippen LogP contribution in [0.25, 0.3) is 61.2 Å². The van der Waals surface area contributed by atoms with Crippen LogP contribution in [-0.4, -0.2) is 22.2 Å². The summed E-state index contributed by atoms with van der Waals surface area (Å²) in [6, 6.07) is 45.4. The maximum absolute atomic E-state index is 7.06. The Balaban J connectivity index is 1.32. The van der Waals surface area contributed by atoms with Crippen molar-refractivity contribution in [3.05, 3.63) is 134 Å². The van der Waals surface area contributed by atoms with Crippen LogP contribution in [0.3, 0.4) is 0 Å². The van der Waals surface area contributed by atoms with Crippen LogP contribution in [0.15, 0.2) is 134 Å². The lowest BCUT2D eigenvalue weighted by Gasteiger charge is -2.40. The third-order valence-electron chi connectivity index (χ3n) is 12.4. The van der Waals surface area contributed by atoms with Crippen LogP contribution < -0.4 is 39.5 Å². The second-order valence-electron chi connectivity index (χ2n) is 14.2. The molecule has 6 aromatic carbocycles. The predicted molar refractivity (Wildman–Crippen MR) is 196 cm³/mol. The van der Waals surface area contributed by atoms with E-state index in [4.69, 9.17) is 9.72 Å². The fraction of sp³-hybridized carbons (Fsp3) is 0.0238. The Labute approximate surface area is 285 Å². The van der Waals surface area contributed by atoms with Gasteiger partial charge < -0.3 is 4.74 Å². The second kappa shape index (κ2) is 7.60. The standard InChI is InChI=1S/C42H25N6OSi/c1-44-29-14-4-5-15-30(29)47-41(44)27-13-8-16-31-39(27)48(47)40-32(49-31)20-21-36-38(40)46-37-26(28-22-43-23-45(48)42(28)46)12-9-19-35(37)50(36)33-17-6-2-10-24(33)25-11-3-7-18-34(25)50/h2-23H,1H3/q+3. The number of hydrogen-bond donors (Lipinski definition) is 0. The maximum Gasteiger partial charge on any atom is 0.351 e. The van der Waals surface area contributed by atoms with Gasteiger partial charge in [0.05, 0.1) is 17.1 Å². The van der Waals surface area contributed by atoms with Gasteiger partial charge in [-0.2, -0.15) is 0 Å². The monoisotopic (exact) mass is 657 g/mol. The third-order valence-corrected chi connectivity index (χ3v) is 17.3. The molecular weight excluding hydrogens is 633 g/mol. The quantitative estimate of drug-likeness (QED) is 0.133. The number of quaternary nitrogens is 1. The molecule has 9 aromatic rings. The molecule has 3 aromatic heterocycles. The van der Waals surface area contributed by atoms with Gasteiger partial charge in [0.1, 0.15) is 17.3 Å². The molecule has 0 amide bonds. The van der Waals surface area contributed by atoms with E-state index in [-0.39, 0.29) is 0 Å². The zero-order valence-electron chi connectivity index (χ0n) is 26.8. The molecule has 50 heavy (non-hydrogen) atoms. The van der Waals surface area contributed by atoms with Crippen molar-refractivity contribution in [2.75, 3.05) is 0 Å². The van der Waals surface area contributed by atoms with Gasteiger partial charge in [-0.05, 0) is 66.4 Å². The van der Waals surface area contributed by atoms with Crippen LogP contribution in [0.2, 0.25) is 0 Å². The summed E-state index contributed by atoms with van der Waals surface area (Å²) in [6.45, 7) is 0. The van der Waals surface area contributed by atoms with Gasteiger partial charge in [0.25, 0.3) is 17.7 Å². The first-order valence-electron chi connectivity index (χ1n) is 17.2. The number of imidazole rings is 1. The molecule has 7 nitrogen and oxygen atoms in total. The lowest BCUT2D eigenvalue weighted by Crippen LogP contribution is -2.85. The number of para-hydroxylation sites is 4. The molecule has 8 heteroatoms. The van der Waals surface area contributed by atoms with E-state index >= 15 is 0 Å². The van der Waals surface area contributed by atoms with Gasteiger partial charge in [0.15, 0.2) is 30.8 Å². The highest BCUT2D eigenvalue weighted by molar-refractivity contribution is 7.23. The molecule has 0 aliphatic carbocycles. The van der Waals surface area contributed by atoms with Crippen molar-refractivity contribution in [2.45, 2.75) is 0 Å². The molecular formula is C42H25N6OSi+3. The summed E-state index contributed by atoms with van der Waals surface area (Å²) in [5.41, 5.74) is 12.2. The molecule has 5 aliphatic rings. The van der Waals surface area contributed by atoms with Crippen molar-refractivity contribution in [1.82, 2.24) is 18.8 Å². The van der Waals surface area contributed by atoms with Crippen LogP contribution in [0.1, 0.15) is 0 Å². The second-order valence-corrected chi connectivity index (χ2v) is 17.9. The molecule has 0 saturated heterocycles. The van der Waals surface area contributed by atoms with Crippen LogP contribution in [0.4, 0.5) is 11.4 Å². The minimum atomic E-state index is -2.83. The van der Waals surface area contributed by atoms with E-state index in [1.807, 2.05) is 6.33 Å². The van der Waals surface area contributed by atoms with Crippen molar-refractivity contribution >= 4 is 73.2 Å². The van der Waals surface area contributed by atoms with Gasteiger partial charge in [-0.25, -0.2) is 9.13 Å². The molecule has 0 fully saturated rings. The first-order valence-corrected chi connectivity index (χ1v) is 19.2. The Morgan fingerprint density at radius 3 is 2.24 bits per heavy atom. The molecule has 0 bridgehead atoms. The Kier molecular flexibility index (Phi) is 3.76. The van der Waals surface area contributed by atoms with E-state index in [1.165, 1.54) is 59.5 Å². The number of ether oxygens (including phenoxy) is 1. The fourth-order valence-electron chi connectivity index (χ4n) is 10.8. The third kappa shape index (κ3) is 2.18. The summed E-state index contributed by atoms with van der Waals surface area (Å²) in [4.78, 5) is 5.05. The zero-order chi connectivity index (χ0) is 32.2. The van der Waals surface area contributed by atoms with Crippen LogP contribution in [-0.2, 0) is 7.05 Å². The molecule has 230 valence electrons. The van der Waals surface area contributed by atoms with E-state index in [0.29, 0.717) is 4.70 Å². The normalized spacial score (nSPS) is 18.1. The SMILES string of the molecule is Cn1c2[n+](c3ccccc31)[N+]13c4c(cccc4-2)Oc2ccc4c(c21)-n1c2c(cccc2c2cnc[n+]3c21)[Si]41c2ccccc2-c2ccccc21. The van der Waals surface area contributed by atoms with Crippen molar-refractivity contribution in [3.8, 4) is 39.7 Å². The van der Waals surface area contributed by atoms with E-state index in [9.17, 15) is 0 Å². The minimum Gasteiger partial charge on any atom is -0.444 e. The van der Waals surface area contributed by atoms with E-state index in [0.717, 1.165) is 45.2 Å². The van der Waals surface area contributed by atoms with Crippen LogP contribution in [0.5, 0.6) is 11.5 Å². The number of aryl methyl sites for hydroxylation is 1. The Hall–Kier alpha value is -6.35. The first kappa shape index (κ1) is 24.7. The first-order chi connectivity index (χ1) is 24.8. The number of benzene rings is 6. The highest BCUT2D eigenvalue weighted by Gasteiger charge is 2.70. The largest absolute Gasteiger partial charge is 0.444 e. The highest BCUT2D eigenvalue weighted by Crippen LogP contribution is 2.60. The predicted octanol–water partition coefficient (Wildman–Crippen LogP) is 4.88. The lowest BCUT2D eigenvalue weighted by molar-refractivity contribution is -1.01. The van der Waals surface area contributed by atoms with Gasteiger partial charge in [-0.1, -0.05) is 91.0 Å². The van der Waals surface area contributed by atoms with Crippen molar-refractivity contribution in [2.24, 2.45) is 7.05 Å². The molecule has 14 rings (SSSR count). The zero-order valence-corrected chi connectivity index (χ0v) is 27.8. The van der Waals surface area contributed by atoms with Crippen LogP contribution >= 0.6 is 0 Å². The van der Waals surface area contributed by atoms with Gasteiger partial charge in [-0.15, -0.1) is 4.98 Å². The van der Waals surface area contributed by atoms with Gasteiger partial charge in [0, 0.05) is 10.6 Å². The topological polar surface area (TPSA) is 39.7 Å². The summed E-state index contributed by atoms with van der Waals surface area (Å²) >= 11 is 0. The maximum atomic E-state index is 7.06. The summed E-state index contributed by atoms with van der Waals surface area (Å²) in [7, 11) is -0.637. The number of fused-ring (bicyclic) bond motifs is 12. The summed E-state index contributed by atoms with van der Waals surface area (Å²) in [5.74, 6) is 2.89. The molecule has 8 heterocycles. The number of hydrogen-bond acceptors (Lipinski definition) is 2. The smallest absolute Gasteiger partial charge is 0.351 e. The highest BCUT2D eigenvalue weighted by atomic mass is 28.3. The van der Waals surface area contributed by atoms with E-state index in [1.54, 1.807) is 0 Å². The van der Waals surface area contributed by atoms with Crippen molar-refractivity contribution < 1.29 is 14.1 Å². The fourth-order valence-corrected chi connectivity index (χ4v) is 16.4. The average Bonchev–Trinajstić information content (AvgIpc) is 3.86. The van der Waals surface area contributed by atoms with Gasteiger partial charge >= 0.3 is 11.5 Å². The summed E-state index contributed by atoms with van der Waals surface area (Å²) in [5, 5.41) is 8.17. The summed E-state index contributed by atoms with van der Waals surface area (Å²) in [6.07, 6.45) is 4.12.